The van der Waals surface area contributed by atoms with Crippen molar-refractivity contribution in [3.05, 3.63) is 532 Å². The molecule has 0 bridgehead atoms. The van der Waals surface area contributed by atoms with E-state index in [-0.39, 0.29) is 32.5 Å². The van der Waals surface area contributed by atoms with Crippen molar-refractivity contribution in [2.24, 2.45) is 0 Å². The highest BCUT2D eigenvalue weighted by Crippen LogP contribution is 2.57. The quantitative estimate of drug-likeness (QED) is 0.0900. The zero-order valence-corrected chi connectivity index (χ0v) is 91.1. The largest absolute Gasteiger partial charge is 0.310 e. The summed E-state index contributed by atoms with van der Waals surface area (Å²) in [6.45, 7) is 48.2. The first-order chi connectivity index (χ1) is 72.0. The van der Waals surface area contributed by atoms with E-state index in [4.69, 9.17) is 0 Å². The molecular formula is C147H137N3. The molecule has 0 amide bonds. The van der Waals surface area contributed by atoms with Gasteiger partial charge < -0.3 is 14.7 Å². The molecule has 0 fully saturated rings. The van der Waals surface area contributed by atoms with Crippen LogP contribution in [0.4, 0.5) is 51.2 Å². The SMILES string of the molecule is Cc1cc(-c2ccc(C(C)(C)C)cc2)cc(C)c1N(c1ccc(-c2ccc(-c3ccccc3)cc2)cc1)c1ccc2c(c1)C(C)(C)c1ccccc1-2.Cc1cc(-c2ccc(C(C)(C)C)cc2)cc(C)c1N(c1ccc(-c2ccccc2)cc1)c1ccc2c(c1)C(C)(C)c1ccccc1-2.Cc1cc(-c2ccc(C(C)(C)C)cc2)cc(C)c1N(c1ccc(-c2ccccc2-c2ccccc2)cc1)c1ccc2c(c1)C(C)(C)c1ccccc1-2. The standard InChI is InChI=1S/2C51H47N.C45H43N/c1-34-31-39(36-21-25-40(26-22-36)50(3,4)5)32-35(2)49(34)52(42-29-30-46-45-19-13-14-20-47(45)51(6,7)48(46)33-42)41-27-23-38(24-28-41)44-18-12-11-17-43(44)37-15-9-8-10-16-37;1-34-31-41(40-21-25-42(26-22-40)50(3,4)5)32-35(2)49(34)52(44-29-30-46-45-15-11-12-16-47(45)51(6,7)48(46)33-44)43-27-23-39(24-28-43)38-19-17-37(18-20-38)36-13-9-8-10-14-36;1-30-27-35(34-17-21-36(22-18-34)44(3,4)5)28-31(2)43(30)46(37-23-19-33(20-24-37)32-13-9-8-10-14-32)38-25-26-40-39-15-11-12-16-41(39)45(6,7)42(40)29-38/h2*8-33H,1-7H3;8-29H,1-7H3. The highest BCUT2D eigenvalue weighted by Gasteiger charge is 2.40. The molecule has 0 atom stereocenters. The minimum absolute atomic E-state index is 0.0715. The van der Waals surface area contributed by atoms with E-state index in [9.17, 15) is 0 Å². The fraction of sp³-hybridized carbons (Fsp3) is 0.184. The summed E-state index contributed by atoms with van der Waals surface area (Å²) in [5.74, 6) is 0. The summed E-state index contributed by atoms with van der Waals surface area (Å²) in [4.78, 5) is 7.41. The number of fused-ring (bicyclic) bond motifs is 9. The minimum Gasteiger partial charge on any atom is -0.310 e. The van der Waals surface area contributed by atoms with Crippen molar-refractivity contribution >= 4 is 51.2 Å². The number of nitrogens with zero attached hydrogens (tertiary/aromatic N) is 3. The Morgan fingerprint density at radius 3 is 0.567 bits per heavy atom. The van der Waals surface area contributed by atoms with E-state index in [1.807, 2.05) is 0 Å². The lowest BCUT2D eigenvalue weighted by atomic mass is 9.82. The lowest BCUT2D eigenvalue weighted by Gasteiger charge is -2.31. The van der Waals surface area contributed by atoms with Gasteiger partial charge in [-0.1, -0.05) is 444 Å². The van der Waals surface area contributed by atoms with Crippen LogP contribution >= 0.6 is 0 Å². The van der Waals surface area contributed by atoms with Crippen LogP contribution in [0.1, 0.15) is 187 Å². The fourth-order valence-electron chi connectivity index (χ4n) is 23.7. The predicted molar refractivity (Wildman–Crippen MR) is 644 cm³/mol. The van der Waals surface area contributed by atoms with Gasteiger partial charge in [0.1, 0.15) is 0 Å². The molecule has 150 heavy (non-hydrogen) atoms. The minimum atomic E-state index is -0.0915. The summed E-state index contributed by atoms with van der Waals surface area (Å²) >= 11 is 0. The van der Waals surface area contributed by atoms with E-state index < -0.39 is 0 Å². The Morgan fingerprint density at radius 1 is 0.147 bits per heavy atom. The molecule has 3 heteroatoms. The van der Waals surface area contributed by atoms with Gasteiger partial charge in [0.15, 0.2) is 0 Å². The number of rotatable bonds is 17. The van der Waals surface area contributed by atoms with Crippen molar-refractivity contribution < 1.29 is 0 Å². The molecule has 0 heterocycles. The molecule has 0 radical (unpaired) electrons. The highest BCUT2D eigenvalue weighted by atomic mass is 15.2. The molecule has 0 unspecified atom stereocenters. The summed E-state index contributed by atoms with van der Waals surface area (Å²) in [5, 5.41) is 0. The maximum atomic E-state index is 2.48. The van der Waals surface area contributed by atoms with Crippen LogP contribution in [0.15, 0.2) is 449 Å². The van der Waals surface area contributed by atoms with Gasteiger partial charge >= 0.3 is 0 Å². The maximum Gasteiger partial charge on any atom is 0.0520 e. The van der Waals surface area contributed by atoms with E-state index in [1.54, 1.807) is 0 Å². The molecule has 0 aliphatic heterocycles. The first kappa shape index (κ1) is 99.8. The number of hydrogen-bond donors (Lipinski definition) is 0. The van der Waals surface area contributed by atoms with Gasteiger partial charge in [-0.3, -0.25) is 0 Å². The zero-order chi connectivity index (χ0) is 105. The Balaban J connectivity index is 0.000000132. The molecule has 0 saturated heterocycles. The molecule has 3 nitrogen and oxygen atoms in total. The maximum absolute atomic E-state index is 2.48. The summed E-state index contributed by atoms with van der Waals surface area (Å²) in [7, 11) is 0. The molecule has 20 aromatic carbocycles. The van der Waals surface area contributed by atoms with Crippen molar-refractivity contribution in [3.63, 3.8) is 0 Å². The number of aryl methyl sites for hydroxylation is 6. The first-order valence-corrected chi connectivity index (χ1v) is 53.5. The second-order valence-corrected chi connectivity index (χ2v) is 46.4. The predicted octanol–water partition coefficient (Wildman–Crippen LogP) is 41.5. The lowest BCUT2D eigenvalue weighted by molar-refractivity contribution is 0.590. The highest BCUT2D eigenvalue weighted by molar-refractivity contribution is 5.95. The Bertz CT molecular complexity index is 8340. The van der Waals surface area contributed by atoms with Crippen molar-refractivity contribution in [2.45, 2.75) is 178 Å². The third-order valence-corrected chi connectivity index (χ3v) is 32.0. The molecule has 0 aromatic heterocycles. The summed E-state index contributed by atoms with van der Waals surface area (Å²) in [5.41, 5.74) is 58.4. The first-order valence-electron chi connectivity index (χ1n) is 53.5. The smallest absolute Gasteiger partial charge is 0.0520 e. The van der Waals surface area contributed by atoms with Gasteiger partial charge in [0.2, 0.25) is 0 Å². The molecule has 23 rings (SSSR count). The molecule has 0 saturated carbocycles. The van der Waals surface area contributed by atoms with E-state index >= 15 is 0 Å². The van der Waals surface area contributed by atoms with Crippen LogP contribution in [0.5, 0.6) is 0 Å². The normalized spacial score (nSPS) is 13.1. The van der Waals surface area contributed by atoms with Gasteiger partial charge in [-0.05, 0) is 373 Å². The molecule has 3 aliphatic carbocycles. The van der Waals surface area contributed by atoms with Crippen LogP contribution in [-0.4, -0.2) is 0 Å². The molecular weight excluding hydrogens is 1810 g/mol. The molecule has 20 aromatic rings. The van der Waals surface area contributed by atoms with Gasteiger partial charge in [-0.2, -0.15) is 0 Å². The van der Waals surface area contributed by atoms with Gasteiger partial charge in [0.25, 0.3) is 0 Å². The third-order valence-electron chi connectivity index (χ3n) is 32.0. The molecule has 0 spiro atoms. The second-order valence-electron chi connectivity index (χ2n) is 46.4. The topological polar surface area (TPSA) is 9.72 Å². The van der Waals surface area contributed by atoms with Crippen LogP contribution in [0, 0.1) is 41.5 Å². The van der Waals surface area contributed by atoms with Crippen molar-refractivity contribution in [2.75, 3.05) is 14.7 Å². The Labute approximate surface area is 892 Å². The van der Waals surface area contributed by atoms with E-state index in [1.165, 1.54) is 240 Å². The van der Waals surface area contributed by atoms with Gasteiger partial charge in [-0.15, -0.1) is 0 Å². The monoisotopic (exact) mass is 1940 g/mol. The zero-order valence-electron chi connectivity index (χ0n) is 91.1. The molecule has 3 aliphatic rings. The average molecular weight is 1950 g/mol. The van der Waals surface area contributed by atoms with Crippen LogP contribution < -0.4 is 14.7 Å². The Hall–Kier alpha value is -16.2. The van der Waals surface area contributed by atoms with Crippen molar-refractivity contribution in [3.8, 4) is 122 Å². The number of anilines is 9. The van der Waals surface area contributed by atoms with E-state index in [0.717, 1.165) is 17.1 Å². The van der Waals surface area contributed by atoms with Crippen LogP contribution in [0.25, 0.3) is 122 Å². The average Bonchev–Trinajstić information content (AvgIpc) is 1.57. The van der Waals surface area contributed by atoms with Crippen molar-refractivity contribution in [1.29, 1.82) is 0 Å². The summed E-state index contributed by atoms with van der Waals surface area (Å²) in [6, 6.07) is 166. The van der Waals surface area contributed by atoms with Crippen LogP contribution in [0.3, 0.4) is 0 Å². The Morgan fingerprint density at radius 2 is 0.320 bits per heavy atom. The lowest BCUT2D eigenvalue weighted by Crippen LogP contribution is -2.17. The number of benzene rings is 20. The third kappa shape index (κ3) is 19.2. The van der Waals surface area contributed by atoms with E-state index in [0.29, 0.717) is 0 Å². The molecule has 0 N–H and O–H groups in total. The summed E-state index contributed by atoms with van der Waals surface area (Å²) in [6.07, 6.45) is 0. The Kier molecular flexibility index (Phi) is 26.5. The van der Waals surface area contributed by atoms with Crippen molar-refractivity contribution in [1.82, 2.24) is 0 Å². The van der Waals surface area contributed by atoms with E-state index in [2.05, 4.69) is 609 Å². The van der Waals surface area contributed by atoms with Gasteiger partial charge in [0, 0.05) is 50.4 Å². The van der Waals surface area contributed by atoms with Crippen LogP contribution in [-0.2, 0) is 32.5 Å². The van der Waals surface area contributed by atoms with Gasteiger partial charge in [-0.25, -0.2) is 0 Å². The van der Waals surface area contributed by atoms with Crippen LogP contribution in [0.2, 0.25) is 0 Å². The number of hydrogen-bond acceptors (Lipinski definition) is 3. The fourth-order valence-corrected chi connectivity index (χ4v) is 23.7. The summed E-state index contributed by atoms with van der Waals surface area (Å²) < 4.78 is 0. The molecule has 740 valence electrons. The second kappa shape index (κ2) is 39.8. The van der Waals surface area contributed by atoms with Gasteiger partial charge in [0.05, 0.1) is 17.1 Å².